The molecule has 0 radical (unpaired) electrons. The van der Waals surface area contributed by atoms with Crippen LogP contribution in [0.25, 0.3) is 0 Å². The largest absolute Gasteiger partial charge is 0.462 e. The third-order valence-electron chi connectivity index (χ3n) is 5.61. The van der Waals surface area contributed by atoms with Crippen LogP contribution in [0.3, 0.4) is 0 Å². The SMILES string of the molecule is CCOC(=O)c1ccc(C#N)c(N[C@H]2CC[C@H](N3CCCCC3)CC2)c1. The number of rotatable bonds is 5. The van der Waals surface area contributed by atoms with Crippen molar-refractivity contribution in [2.75, 3.05) is 25.0 Å². The summed E-state index contributed by atoms with van der Waals surface area (Å²) in [6.07, 6.45) is 8.68. The average molecular weight is 355 g/mol. The Kier molecular flexibility index (Phi) is 6.51. The number of likely N-dealkylation sites (tertiary alicyclic amines) is 1. The maximum atomic E-state index is 12.0. The number of nitrogens with one attached hydrogen (secondary N) is 1. The van der Waals surface area contributed by atoms with E-state index in [0.29, 0.717) is 23.8 Å². The first kappa shape index (κ1) is 18.7. The first-order valence-corrected chi connectivity index (χ1v) is 9.93. The zero-order valence-electron chi connectivity index (χ0n) is 15.7. The van der Waals surface area contributed by atoms with Crippen LogP contribution < -0.4 is 5.32 Å². The van der Waals surface area contributed by atoms with E-state index >= 15 is 0 Å². The lowest BCUT2D eigenvalue weighted by molar-refractivity contribution is 0.0526. The Labute approximate surface area is 156 Å². The maximum absolute atomic E-state index is 12.0. The molecule has 0 atom stereocenters. The quantitative estimate of drug-likeness (QED) is 0.810. The molecule has 0 unspecified atom stereocenters. The number of esters is 1. The van der Waals surface area contributed by atoms with Crippen LogP contribution in [0.1, 0.15) is 67.8 Å². The van der Waals surface area contributed by atoms with Gasteiger partial charge in [0.25, 0.3) is 0 Å². The van der Waals surface area contributed by atoms with E-state index in [9.17, 15) is 10.1 Å². The van der Waals surface area contributed by atoms with E-state index in [4.69, 9.17) is 4.74 Å². The number of anilines is 1. The minimum atomic E-state index is -0.339. The summed E-state index contributed by atoms with van der Waals surface area (Å²) in [7, 11) is 0. The van der Waals surface area contributed by atoms with Crippen LogP contribution in [-0.2, 0) is 4.74 Å². The van der Waals surface area contributed by atoms with Crippen LogP contribution in [0.2, 0.25) is 0 Å². The van der Waals surface area contributed by atoms with E-state index in [1.54, 1.807) is 25.1 Å². The lowest BCUT2D eigenvalue weighted by Gasteiger charge is -2.39. The van der Waals surface area contributed by atoms with Crippen molar-refractivity contribution in [3.63, 3.8) is 0 Å². The summed E-state index contributed by atoms with van der Waals surface area (Å²) in [5, 5.41) is 12.9. The molecule has 2 fully saturated rings. The molecule has 1 N–H and O–H groups in total. The molecule has 26 heavy (non-hydrogen) atoms. The molecule has 1 aromatic rings. The van der Waals surface area contributed by atoms with E-state index in [-0.39, 0.29) is 5.97 Å². The highest BCUT2D eigenvalue weighted by Gasteiger charge is 2.27. The van der Waals surface area contributed by atoms with Crippen LogP contribution in [0, 0.1) is 11.3 Å². The van der Waals surface area contributed by atoms with Gasteiger partial charge in [0.2, 0.25) is 0 Å². The van der Waals surface area contributed by atoms with Gasteiger partial charge in [0, 0.05) is 12.1 Å². The molecule has 5 nitrogen and oxygen atoms in total. The zero-order chi connectivity index (χ0) is 18.4. The number of carbonyl (C=O) groups excluding carboxylic acids is 1. The second-order valence-corrected chi connectivity index (χ2v) is 7.34. The van der Waals surface area contributed by atoms with Crippen LogP contribution in [0.5, 0.6) is 0 Å². The lowest BCUT2D eigenvalue weighted by Crippen LogP contribution is -2.43. The molecule has 0 spiro atoms. The van der Waals surface area contributed by atoms with Crippen molar-refractivity contribution in [2.45, 2.75) is 64.0 Å². The molecule has 1 aliphatic carbocycles. The van der Waals surface area contributed by atoms with E-state index in [1.165, 1.54) is 45.2 Å². The molecule has 140 valence electrons. The summed E-state index contributed by atoms with van der Waals surface area (Å²) < 4.78 is 5.07. The van der Waals surface area contributed by atoms with Gasteiger partial charge in [-0.1, -0.05) is 6.42 Å². The highest BCUT2D eigenvalue weighted by molar-refractivity contribution is 5.91. The van der Waals surface area contributed by atoms with Crippen LogP contribution >= 0.6 is 0 Å². The van der Waals surface area contributed by atoms with Gasteiger partial charge in [-0.25, -0.2) is 4.79 Å². The summed E-state index contributed by atoms with van der Waals surface area (Å²) in [6.45, 7) is 4.65. The Morgan fingerprint density at radius 2 is 1.96 bits per heavy atom. The number of nitrogens with zero attached hydrogens (tertiary/aromatic N) is 2. The van der Waals surface area contributed by atoms with Crippen LogP contribution in [0.15, 0.2) is 18.2 Å². The van der Waals surface area contributed by atoms with Crippen molar-refractivity contribution in [3.05, 3.63) is 29.3 Å². The summed E-state index contributed by atoms with van der Waals surface area (Å²) in [4.78, 5) is 14.6. The average Bonchev–Trinajstić information content (AvgIpc) is 2.69. The molecule has 1 aliphatic heterocycles. The maximum Gasteiger partial charge on any atom is 0.338 e. The van der Waals surface area contributed by atoms with Gasteiger partial charge in [0.05, 0.1) is 23.4 Å². The fourth-order valence-electron chi connectivity index (χ4n) is 4.19. The summed E-state index contributed by atoms with van der Waals surface area (Å²) in [5.41, 5.74) is 1.83. The number of hydrogen-bond acceptors (Lipinski definition) is 5. The Balaban J connectivity index is 1.61. The van der Waals surface area contributed by atoms with Crippen molar-refractivity contribution >= 4 is 11.7 Å². The number of benzene rings is 1. The number of piperidine rings is 1. The molecular weight excluding hydrogens is 326 g/mol. The molecule has 3 rings (SSSR count). The predicted molar refractivity (Wildman–Crippen MR) is 102 cm³/mol. The predicted octanol–water partition coefficient (Wildman–Crippen LogP) is 3.94. The van der Waals surface area contributed by atoms with Gasteiger partial charge in [-0.15, -0.1) is 0 Å². The topological polar surface area (TPSA) is 65.4 Å². The van der Waals surface area contributed by atoms with E-state index in [1.807, 2.05) is 0 Å². The molecule has 1 heterocycles. The van der Waals surface area contributed by atoms with E-state index < -0.39 is 0 Å². The number of ether oxygens (including phenoxy) is 1. The van der Waals surface area contributed by atoms with Gasteiger partial charge >= 0.3 is 5.97 Å². The van der Waals surface area contributed by atoms with E-state index in [2.05, 4.69) is 16.3 Å². The molecule has 1 saturated heterocycles. The lowest BCUT2D eigenvalue weighted by atomic mass is 9.89. The van der Waals surface area contributed by atoms with Crippen molar-refractivity contribution in [3.8, 4) is 6.07 Å². The highest BCUT2D eigenvalue weighted by Crippen LogP contribution is 2.29. The molecule has 0 bridgehead atoms. The Morgan fingerprint density at radius 3 is 2.62 bits per heavy atom. The Hall–Kier alpha value is -2.06. The van der Waals surface area contributed by atoms with Gasteiger partial charge in [0.15, 0.2) is 0 Å². The van der Waals surface area contributed by atoms with Crippen molar-refractivity contribution in [1.82, 2.24) is 4.90 Å². The number of nitriles is 1. The second-order valence-electron chi connectivity index (χ2n) is 7.34. The first-order chi connectivity index (χ1) is 12.7. The Bertz CT molecular complexity index is 654. The third kappa shape index (κ3) is 4.56. The fourth-order valence-corrected chi connectivity index (χ4v) is 4.19. The van der Waals surface area contributed by atoms with Gasteiger partial charge in [-0.05, 0) is 76.7 Å². The van der Waals surface area contributed by atoms with Crippen LogP contribution in [-0.4, -0.2) is 42.6 Å². The minimum absolute atomic E-state index is 0.339. The molecule has 1 saturated carbocycles. The van der Waals surface area contributed by atoms with E-state index in [0.717, 1.165) is 24.6 Å². The Morgan fingerprint density at radius 1 is 1.23 bits per heavy atom. The normalized spacial score (nSPS) is 23.8. The molecule has 5 heteroatoms. The molecule has 2 aliphatic rings. The molecular formula is C21H29N3O2. The molecule has 0 aromatic heterocycles. The van der Waals surface area contributed by atoms with Crippen molar-refractivity contribution < 1.29 is 9.53 Å². The van der Waals surface area contributed by atoms with Gasteiger partial charge in [-0.2, -0.15) is 5.26 Å². The number of hydrogen-bond donors (Lipinski definition) is 1. The van der Waals surface area contributed by atoms with Crippen molar-refractivity contribution in [2.24, 2.45) is 0 Å². The standard InChI is InChI=1S/C21H29N3O2/c1-2-26-21(25)16-6-7-17(15-22)20(14-16)23-18-8-10-19(11-9-18)24-12-4-3-5-13-24/h6-7,14,18-19,23H,2-5,8-13H2,1H3/t18-,19-. The molecule has 0 amide bonds. The zero-order valence-corrected chi connectivity index (χ0v) is 15.7. The first-order valence-electron chi connectivity index (χ1n) is 9.93. The van der Waals surface area contributed by atoms with Crippen molar-refractivity contribution in [1.29, 1.82) is 5.26 Å². The highest BCUT2D eigenvalue weighted by atomic mass is 16.5. The summed E-state index contributed by atoms with van der Waals surface area (Å²) in [5.74, 6) is -0.339. The summed E-state index contributed by atoms with van der Waals surface area (Å²) in [6, 6.07) is 8.42. The third-order valence-corrected chi connectivity index (χ3v) is 5.61. The van der Waals surface area contributed by atoms with Gasteiger partial charge in [-0.3, -0.25) is 0 Å². The monoisotopic (exact) mass is 355 g/mol. The van der Waals surface area contributed by atoms with Gasteiger partial charge in [0.1, 0.15) is 6.07 Å². The van der Waals surface area contributed by atoms with Crippen LogP contribution in [0.4, 0.5) is 5.69 Å². The fraction of sp³-hybridized carbons (Fsp3) is 0.619. The minimum Gasteiger partial charge on any atom is -0.462 e. The van der Waals surface area contributed by atoms with Gasteiger partial charge < -0.3 is 15.0 Å². The summed E-state index contributed by atoms with van der Waals surface area (Å²) >= 11 is 0. The molecule has 1 aromatic carbocycles. The smallest absolute Gasteiger partial charge is 0.338 e. The number of carbonyl (C=O) groups is 1. The second kappa shape index (κ2) is 9.05.